The van der Waals surface area contributed by atoms with E-state index < -0.39 is 0 Å². The average molecular weight is 195 g/mol. The highest BCUT2D eigenvalue weighted by atomic mass is 35.5. The summed E-state index contributed by atoms with van der Waals surface area (Å²) in [5, 5.41) is 8.59. The smallest absolute Gasteiger partial charge is 0.239 e. The topological polar surface area (TPSA) is 66.6 Å². The van der Waals surface area contributed by atoms with Crippen LogP contribution < -0.4 is 5.73 Å². The van der Waals surface area contributed by atoms with E-state index in [9.17, 15) is 4.79 Å². The SMILES string of the molecule is Cl.NC1CCCN(CCO)C1=O. The molecule has 1 heterocycles. The molecule has 0 spiro atoms. The van der Waals surface area contributed by atoms with Crippen LogP contribution in [0.4, 0.5) is 0 Å². The van der Waals surface area contributed by atoms with Crippen LogP contribution in [0.15, 0.2) is 0 Å². The summed E-state index contributed by atoms with van der Waals surface area (Å²) in [7, 11) is 0. The molecule has 1 saturated heterocycles. The fourth-order valence-electron chi connectivity index (χ4n) is 1.31. The van der Waals surface area contributed by atoms with E-state index in [0.29, 0.717) is 6.54 Å². The Hall–Kier alpha value is -0.320. The second kappa shape index (κ2) is 5.35. The number of nitrogens with two attached hydrogens (primary N) is 1. The first-order valence-electron chi connectivity index (χ1n) is 3.91. The first kappa shape index (κ1) is 11.7. The lowest BCUT2D eigenvalue weighted by molar-refractivity contribution is -0.135. The molecule has 3 N–H and O–H groups in total. The minimum atomic E-state index is -0.338. The van der Waals surface area contributed by atoms with E-state index in [1.807, 2.05) is 0 Å². The number of hydrogen-bond acceptors (Lipinski definition) is 3. The summed E-state index contributed by atoms with van der Waals surface area (Å²) in [5.74, 6) is -0.0229. The summed E-state index contributed by atoms with van der Waals surface area (Å²) in [6.45, 7) is 1.19. The minimum absolute atomic E-state index is 0. The Labute approximate surface area is 78.1 Å². The van der Waals surface area contributed by atoms with E-state index in [4.69, 9.17) is 10.8 Å². The number of halogens is 1. The fourth-order valence-corrected chi connectivity index (χ4v) is 1.31. The molecule has 4 nitrogen and oxygen atoms in total. The summed E-state index contributed by atoms with van der Waals surface area (Å²) in [5.41, 5.74) is 5.53. The molecular weight excluding hydrogens is 180 g/mol. The molecule has 0 aliphatic carbocycles. The van der Waals surface area contributed by atoms with Crippen molar-refractivity contribution in [3.8, 4) is 0 Å². The molecule has 0 bridgehead atoms. The van der Waals surface area contributed by atoms with E-state index in [2.05, 4.69) is 0 Å². The molecule has 1 unspecified atom stereocenters. The number of amides is 1. The molecule has 0 radical (unpaired) electrons. The third kappa shape index (κ3) is 2.62. The predicted molar refractivity (Wildman–Crippen MR) is 48.1 cm³/mol. The van der Waals surface area contributed by atoms with Crippen molar-refractivity contribution in [3.05, 3.63) is 0 Å². The molecule has 1 aliphatic heterocycles. The number of piperidine rings is 1. The lowest BCUT2D eigenvalue weighted by Gasteiger charge is -2.29. The van der Waals surface area contributed by atoms with Crippen molar-refractivity contribution in [3.63, 3.8) is 0 Å². The van der Waals surface area contributed by atoms with Crippen molar-refractivity contribution >= 4 is 18.3 Å². The largest absolute Gasteiger partial charge is 0.395 e. The van der Waals surface area contributed by atoms with Gasteiger partial charge in [0, 0.05) is 13.1 Å². The van der Waals surface area contributed by atoms with Crippen LogP contribution >= 0.6 is 12.4 Å². The summed E-state index contributed by atoms with van der Waals surface area (Å²) in [4.78, 5) is 12.8. The molecule has 0 aromatic carbocycles. The van der Waals surface area contributed by atoms with Gasteiger partial charge in [-0.05, 0) is 12.8 Å². The van der Waals surface area contributed by atoms with Crippen molar-refractivity contribution in [1.29, 1.82) is 0 Å². The Morgan fingerprint density at radius 2 is 2.33 bits per heavy atom. The zero-order valence-corrected chi connectivity index (χ0v) is 7.72. The molecular formula is C7H15ClN2O2. The second-order valence-corrected chi connectivity index (χ2v) is 2.80. The number of rotatable bonds is 2. The normalized spacial score (nSPS) is 23.7. The monoisotopic (exact) mass is 194 g/mol. The lowest BCUT2D eigenvalue weighted by Crippen LogP contribution is -2.49. The molecule has 1 rings (SSSR count). The predicted octanol–water partition coefficient (Wildman–Crippen LogP) is -0.650. The van der Waals surface area contributed by atoms with Crippen LogP contribution in [0.1, 0.15) is 12.8 Å². The van der Waals surface area contributed by atoms with Gasteiger partial charge in [0.15, 0.2) is 0 Å². The number of β-amino-alcohol motifs (C(OH)–C–C–N with tert-alkyl or cyclic N) is 1. The number of likely N-dealkylation sites (tertiary alicyclic amines) is 1. The Bertz CT molecular complexity index is 152. The summed E-state index contributed by atoms with van der Waals surface area (Å²) < 4.78 is 0. The van der Waals surface area contributed by atoms with Gasteiger partial charge < -0.3 is 15.7 Å². The van der Waals surface area contributed by atoms with Gasteiger partial charge in [-0.3, -0.25) is 4.79 Å². The van der Waals surface area contributed by atoms with Gasteiger partial charge in [0.1, 0.15) is 0 Å². The molecule has 1 atom stereocenters. The van der Waals surface area contributed by atoms with Gasteiger partial charge in [-0.15, -0.1) is 12.4 Å². The van der Waals surface area contributed by atoms with Crippen LogP contribution in [0.25, 0.3) is 0 Å². The Kier molecular flexibility index (Phi) is 5.20. The molecule has 72 valence electrons. The van der Waals surface area contributed by atoms with E-state index >= 15 is 0 Å². The van der Waals surface area contributed by atoms with Crippen molar-refractivity contribution in [1.82, 2.24) is 4.90 Å². The number of carbonyl (C=O) groups is 1. The average Bonchev–Trinajstić information content (AvgIpc) is 1.99. The first-order valence-corrected chi connectivity index (χ1v) is 3.91. The van der Waals surface area contributed by atoms with Gasteiger partial charge in [0.25, 0.3) is 0 Å². The molecule has 1 amide bonds. The number of nitrogens with zero attached hydrogens (tertiary/aromatic N) is 1. The van der Waals surface area contributed by atoms with Crippen molar-refractivity contribution in [2.24, 2.45) is 5.73 Å². The number of carbonyl (C=O) groups excluding carboxylic acids is 1. The molecule has 0 aromatic rings. The second-order valence-electron chi connectivity index (χ2n) is 2.80. The molecule has 5 heteroatoms. The van der Waals surface area contributed by atoms with Gasteiger partial charge in [-0.1, -0.05) is 0 Å². The van der Waals surface area contributed by atoms with Gasteiger partial charge in [-0.2, -0.15) is 0 Å². The molecule has 1 fully saturated rings. The van der Waals surface area contributed by atoms with Gasteiger partial charge in [0.2, 0.25) is 5.91 Å². The first-order chi connectivity index (χ1) is 5.25. The maximum atomic E-state index is 11.2. The van der Waals surface area contributed by atoms with E-state index in [0.717, 1.165) is 19.4 Å². The molecule has 1 aliphatic rings. The summed E-state index contributed by atoms with van der Waals surface area (Å²) in [6, 6.07) is -0.338. The fraction of sp³-hybridized carbons (Fsp3) is 0.857. The summed E-state index contributed by atoms with van der Waals surface area (Å²) >= 11 is 0. The highest BCUT2D eigenvalue weighted by molar-refractivity contribution is 5.85. The van der Waals surface area contributed by atoms with Crippen molar-refractivity contribution in [2.75, 3.05) is 19.7 Å². The Balaban J connectivity index is 0.00000121. The highest BCUT2D eigenvalue weighted by Gasteiger charge is 2.24. The van der Waals surface area contributed by atoms with E-state index in [1.165, 1.54) is 0 Å². The zero-order chi connectivity index (χ0) is 8.27. The minimum Gasteiger partial charge on any atom is -0.395 e. The number of aliphatic hydroxyl groups excluding tert-OH is 1. The quantitative estimate of drug-likeness (QED) is 0.614. The number of hydrogen-bond donors (Lipinski definition) is 2. The lowest BCUT2D eigenvalue weighted by atomic mass is 10.1. The summed E-state index contributed by atoms with van der Waals surface area (Å²) in [6.07, 6.45) is 1.73. The Morgan fingerprint density at radius 1 is 1.67 bits per heavy atom. The molecule has 12 heavy (non-hydrogen) atoms. The zero-order valence-electron chi connectivity index (χ0n) is 6.90. The maximum absolute atomic E-state index is 11.2. The number of aliphatic hydroxyl groups is 1. The van der Waals surface area contributed by atoms with Crippen molar-refractivity contribution < 1.29 is 9.90 Å². The van der Waals surface area contributed by atoms with Gasteiger partial charge >= 0.3 is 0 Å². The van der Waals surface area contributed by atoms with Crippen LogP contribution in [0.2, 0.25) is 0 Å². The van der Waals surface area contributed by atoms with E-state index in [1.54, 1.807) is 4.90 Å². The van der Waals surface area contributed by atoms with Crippen LogP contribution in [-0.2, 0) is 4.79 Å². The highest BCUT2D eigenvalue weighted by Crippen LogP contribution is 2.08. The van der Waals surface area contributed by atoms with Crippen molar-refractivity contribution in [2.45, 2.75) is 18.9 Å². The van der Waals surface area contributed by atoms with Gasteiger partial charge in [-0.25, -0.2) is 0 Å². The maximum Gasteiger partial charge on any atom is 0.239 e. The van der Waals surface area contributed by atoms with Crippen LogP contribution in [0.3, 0.4) is 0 Å². The standard InChI is InChI=1S/C7H14N2O2.ClH/c8-6-2-1-3-9(4-5-10)7(6)11;/h6,10H,1-5,8H2;1H. The van der Waals surface area contributed by atoms with Crippen LogP contribution in [0, 0.1) is 0 Å². The molecule has 0 aromatic heterocycles. The third-order valence-corrected chi connectivity index (χ3v) is 1.94. The van der Waals surface area contributed by atoms with E-state index in [-0.39, 0.29) is 31.0 Å². The van der Waals surface area contributed by atoms with Gasteiger partial charge in [0.05, 0.1) is 12.6 Å². The third-order valence-electron chi connectivity index (χ3n) is 1.94. The molecule has 0 saturated carbocycles. The van der Waals surface area contributed by atoms with Crippen LogP contribution in [0.5, 0.6) is 0 Å². The van der Waals surface area contributed by atoms with Crippen LogP contribution in [-0.4, -0.2) is 41.7 Å². The Morgan fingerprint density at radius 3 is 2.92 bits per heavy atom.